The average molecular weight is 380 g/mol. The molecule has 3 heterocycles. The third-order valence-corrected chi connectivity index (χ3v) is 5.04. The van der Waals surface area contributed by atoms with Crippen LogP contribution in [0.5, 0.6) is 0 Å². The van der Waals surface area contributed by atoms with Gasteiger partial charge >= 0.3 is 0 Å². The van der Waals surface area contributed by atoms with Gasteiger partial charge in [-0.1, -0.05) is 35.0 Å². The highest BCUT2D eigenvalue weighted by molar-refractivity contribution is 5.76. The highest BCUT2D eigenvalue weighted by atomic mass is 16.5. The topological polar surface area (TPSA) is 101 Å². The summed E-state index contributed by atoms with van der Waals surface area (Å²) < 4.78 is 5.34. The van der Waals surface area contributed by atoms with Crippen molar-refractivity contribution in [3.63, 3.8) is 0 Å². The van der Waals surface area contributed by atoms with Gasteiger partial charge in [0.25, 0.3) is 0 Å². The van der Waals surface area contributed by atoms with Crippen molar-refractivity contribution in [1.82, 2.24) is 30.2 Å². The number of aromatic amines is 1. The van der Waals surface area contributed by atoms with Crippen LogP contribution in [-0.4, -0.2) is 42.7 Å². The number of rotatable bonds is 6. The highest BCUT2D eigenvalue weighted by Crippen LogP contribution is 2.30. The summed E-state index contributed by atoms with van der Waals surface area (Å²) in [5, 5.41) is 11.1. The second-order valence-electron chi connectivity index (χ2n) is 7.26. The number of H-pyrrole nitrogens is 1. The molecule has 1 aromatic carbocycles. The molecule has 8 nitrogen and oxygen atoms in total. The van der Waals surface area contributed by atoms with E-state index < -0.39 is 0 Å². The molecule has 3 aromatic rings. The molecule has 1 N–H and O–H groups in total. The van der Waals surface area contributed by atoms with E-state index in [9.17, 15) is 4.79 Å². The third kappa shape index (κ3) is 3.95. The number of likely N-dealkylation sites (tertiary alicyclic amines) is 1. The second-order valence-corrected chi connectivity index (χ2v) is 7.26. The highest BCUT2D eigenvalue weighted by Gasteiger charge is 2.32. The Morgan fingerprint density at radius 2 is 2.07 bits per heavy atom. The SMILES string of the molecule is Cc1ccc(-c2noc(CCCC(=O)N3CCC[C@H]3c3n[nH]c(C)n3)n2)cc1. The van der Waals surface area contributed by atoms with E-state index >= 15 is 0 Å². The van der Waals surface area contributed by atoms with Gasteiger partial charge in [0.15, 0.2) is 5.82 Å². The van der Waals surface area contributed by atoms with Gasteiger partial charge in [-0.25, -0.2) is 4.98 Å². The van der Waals surface area contributed by atoms with E-state index in [1.54, 1.807) is 0 Å². The number of aryl methyl sites for hydroxylation is 3. The lowest BCUT2D eigenvalue weighted by Crippen LogP contribution is -2.31. The zero-order valence-corrected chi connectivity index (χ0v) is 16.2. The fourth-order valence-corrected chi connectivity index (χ4v) is 3.55. The zero-order chi connectivity index (χ0) is 19.5. The summed E-state index contributed by atoms with van der Waals surface area (Å²) in [6.07, 6.45) is 3.59. The van der Waals surface area contributed by atoms with Crippen LogP contribution in [0.4, 0.5) is 0 Å². The lowest BCUT2D eigenvalue weighted by molar-refractivity contribution is -0.132. The standard InChI is InChI=1S/C20H24N6O2/c1-13-8-10-15(11-9-13)19-22-17(28-25-19)6-3-7-18(27)26-12-4-5-16(26)20-21-14(2)23-24-20/h8-11,16H,3-7,12H2,1-2H3,(H,21,23,24)/t16-/m0/s1. The molecule has 0 saturated carbocycles. The predicted molar refractivity (Wildman–Crippen MR) is 102 cm³/mol. The van der Waals surface area contributed by atoms with Gasteiger partial charge in [-0.05, 0) is 33.1 Å². The first kappa shape index (κ1) is 18.3. The first-order valence-electron chi connectivity index (χ1n) is 9.68. The van der Waals surface area contributed by atoms with E-state index in [1.165, 1.54) is 5.56 Å². The van der Waals surface area contributed by atoms with Crippen LogP contribution in [0.15, 0.2) is 28.8 Å². The molecule has 0 spiro atoms. The van der Waals surface area contributed by atoms with Crippen molar-refractivity contribution in [2.75, 3.05) is 6.54 Å². The number of carbonyl (C=O) groups excluding carboxylic acids is 1. The van der Waals surface area contributed by atoms with Crippen molar-refractivity contribution in [2.45, 2.75) is 52.0 Å². The average Bonchev–Trinajstić information content (AvgIpc) is 3.42. The van der Waals surface area contributed by atoms with Gasteiger partial charge in [0.05, 0.1) is 6.04 Å². The number of hydrogen-bond acceptors (Lipinski definition) is 6. The lowest BCUT2D eigenvalue weighted by atomic mass is 10.1. The maximum Gasteiger partial charge on any atom is 0.226 e. The lowest BCUT2D eigenvalue weighted by Gasteiger charge is -2.22. The van der Waals surface area contributed by atoms with E-state index in [4.69, 9.17) is 4.52 Å². The molecule has 28 heavy (non-hydrogen) atoms. The first-order valence-corrected chi connectivity index (χ1v) is 9.68. The van der Waals surface area contributed by atoms with Crippen molar-refractivity contribution >= 4 is 5.91 Å². The Hall–Kier alpha value is -3.03. The van der Waals surface area contributed by atoms with Crippen LogP contribution >= 0.6 is 0 Å². The minimum atomic E-state index is -0.0194. The van der Waals surface area contributed by atoms with Crippen molar-refractivity contribution in [1.29, 1.82) is 0 Å². The summed E-state index contributed by atoms with van der Waals surface area (Å²) in [5.41, 5.74) is 2.12. The quantitative estimate of drug-likeness (QED) is 0.705. The normalized spacial score (nSPS) is 16.6. The summed E-state index contributed by atoms with van der Waals surface area (Å²) in [7, 11) is 0. The van der Waals surface area contributed by atoms with Gasteiger partial charge in [0.2, 0.25) is 17.6 Å². The molecule has 4 rings (SSSR count). The van der Waals surface area contributed by atoms with Crippen LogP contribution in [-0.2, 0) is 11.2 Å². The van der Waals surface area contributed by atoms with Crippen LogP contribution in [0, 0.1) is 13.8 Å². The van der Waals surface area contributed by atoms with Gasteiger partial charge in [-0.2, -0.15) is 10.1 Å². The Balaban J connectivity index is 1.31. The van der Waals surface area contributed by atoms with Crippen LogP contribution in [0.1, 0.15) is 54.8 Å². The molecule has 8 heteroatoms. The number of nitrogens with zero attached hydrogens (tertiary/aromatic N) is 5. The molecule has 1 atom stereocenters. The van der Waals surface area contributed by atoms with Gasteiger partial charge in [0, 0.05) is 24.9 Å². The number of amides is 1. The van der Waals surface area contributed by atoms with Crippen LogP contribution in [0.3, 0.4) is 0 Å². The number of aromatic nitrogens is 5. The maximum absolute atomic E-state index is 12.7. The van der Waals surface area contributed by atoms with E-state index in [0.717, 1.165) is 30.8 Å². The van der Waals surface area contributed by atoms with Gasteiger partial charge in [-0.3, -0.25) is 9.89 Å². The summed E-state index contributed by atoms with van der Waals surface area (Å²) >= 11 is 0. The fraction of sp³-hybridized carbons (Fsp3) is 0.450. The summed E-state index contributed by atoms with van der Waals surface area (Å²) in [6, 6.07) is 7.98. The van der Waals surface area contributed by atoms with Gasteiger partial charge < -0.3 is 9.42 Å². The van der Waals surface area contributed by atoms with Crippen LogP contribution in [0.2, 0.25) is 0 Å². The molecular formula is C20H24N6O2. The third-order valence-electron chi connectivity index (χ3n) is 5.04. The number of carbonyl (C=O) groups is 1. The van der Waals surface area contributed by atoms with Crippen molar-refractivity contribution in [3.8, 4) is 11.4 Å². The molecule has 0 aliphatic carbocycles. The van der Waals surface area contributed by atoms with Crippen molar-refractivity contribution in [3.05, 3.63) is 47.4 Å². The van der Waals surface area contributed by atoms with Gasteiger partial charge in [0.1, 0.15) is 5.82 Å². The molecule has 1 fully saturated rings. The molecular weight excluding hydrogens is 356 g/mol. The second kappa shape index (κ2) is 7.92. The first-order chi connectivity index (χ1) is 13.6. The van der Waals surface area contributed by atoms with E-state index in [-0.39, 0.29) is 11.9 Å². The van der Waals surface area contributed by atoms with Crippen LogP contribution in [0.25, 0.3) is 11.4 Å². The molecule has 0 unspecified atom stereocenters. The number of nitrogens with one attached hydrogen (secondary N) is 1. The molecule has 1 amide bonds. The van der Waals surface area contributed by atoms with Crippen molar-refractivity contribution < 1.29 is 9.32 Å². The minimum Gasteiger partial charge on any atom is -0.339 e. The largest absolute Gasteiger partial charge is 0.339 e. The number of hydrogen-bond donors (Lipinski definition) is 1. The Labute approximate surface area is 163 Å². The maximum atomic E-state index is 12.7. The van der Waals surface area contributed by atoms with E-state index in [0.29, 0.717) is 36.8 Å². The molecule has 1 aliphatic heterocycles. The molecule has 1 saturated heterocycles. The summed E-state index contributed by atoms with van der Waals surface area (Å²) in [6.45, 7) is 4.67. The zero-order valence-electron chi connectivity index (χ0n) is 16.2. The monoisotopic (exact) mass is 380 g/mol. The Morgan fingerprint density at radius 1 is 1.25 bits per heavy atom. The fourth-order valence-electron chi connectivity index (χ4n) is 3.55. The summed E-state index contributed by atoms with van der Waals surface area (Å²) in [5.74, 6) is 2.76. The molecule has 1 aliphatic rings. The Bertz CT molecular complexity index is 946. The molecule has 2 aromatic heterocycles. The number of benzene rings is 1. The molecule has 146 valence electrons. The van der Waals surface area contributed by atoms with E-state index in [2.05, 4.69) is 25.3 Å². The predicted octanol–water partition coefficient (Wildman–Crippen LogP) is 3.16. The minimum absolute atomic E-state index is 0.0194. The molecule has 0 bridgehead atoms. The van der Waals surface area contributed by atoms with Gasteiger partial charge in [-0.15, -0.1) is 0 Å². The Kier molecular flexibility index (Phi) is 5.18. The van der Waals surface area contributed by atoms with Crippen LogP contribution < -0.4 is 0 Å². The smallest absolute Gasteiger partial charge is 0.226 e. The Morgan fingerprint density at radius 3 is 2.82 bits per heavy atom. The van der Waals surface area contributed by atoms with Crippen molar-refractivity contribution in [2.24, 2.45) is 0 Å². The molecule has 0 radical (unpaired) electrons. The van der Waals surface area contributed by atoms with E-state index in [1.807, 2.05) is 43.0 Å². The summed E-state index contributed by atoms with van der Waals surface area (Å²) in [4.78, 5) is 23.4.